The van der Waals surface area contributed by atoms with Gasteiger partial charge in [-0.3, -0.25) is 0 Å². The molecule has 0 saturated heterocycles. The number of nitrogens with zero attached hydrogens (tertiary/aromatic N) is 5. The Morgan fingerprint density at radius 3 is 2.56 bits per heavy atom. The number of hydrogen-bond acceptors (Lipinski definition) is 7. The van der Waals surface area contributed by atoms with Gasteiger partial charge in [-0.05, 0) is 32.3 Å². The average molecular weight is 460 g/mol. The van der Waals surface area contributed by atoms with Crippen molar-refractivity contribution in [2.75, 3.05) is 63.9 Å². The fourth-order valence-corrected chi connectivity index (χ4v) is 4.06. The van der Waals surface area contributed by atoms with Crippen molar-refractivity contribution in [2.24, 2.45) is 7.05 Å². The second-order valence-corrected chi connectivity index (χ2v) is 8.61. The van der Waals surface area contributed by atoms with Gasteiger partial charge in [-0.2, -0.15) is 0 Å². The first-order valence-electron chi connectivity index (χ1n) is 11.3. The lowest BCUT2D eigenvalue weighted by Gasteiger charge is -2.25. The van der Waals surface area contributed by atoms with Gasteiger partial charge in [0.25, 0.3) is 0 Å². The van der Waals surface area contributed by atoms with Crippen LogP contribution in [0.5, 0.6) is 5.75 Å². The van der Waals surface area contributed by atoms with Crippen LogP contribution in [0.2, 0.25) is 0 Å². The maximum atomic E-state index is 5.72. The summed E-state index contributed by atoms with van der Waals surface area (Å²) >= 11 is 0. The second kappa shape index (κ2) is 10.0. The third-order valence-electron chi connectivity index (χ3n) is 5.96. The molecule has 34 heavy (non-hydrogen) atoms. The number of para-hydroxylation sites is 1. The molecule has 0 amide bonds. The molecule has 2 aromatic carbocycles. The van der Waals surface area contributed by atoms with Gasteiger partial charge >= 0.3 is 0 Å². The molecule has 0 aliphatic rings. The maximum absolute atomic E-state index is 5.72. The third kappa shape index (κ3) is 4.77. The van der Waals surface area contributed by atoms with Crippen molar-refractivity contribution in [3.63, 3.8) is 0 Å². The number of hydrogen-bond donors (Lipinski definition) is 2. The van der Waals surface area contributed by atoms with E-state index >= 15 is 0 Å². The van der Waals surface area contributed by atoms with Gasteiger partial charge in [-0.15, -0.1) is 0 Å². The summed E-state index contributed by atoms with van der Waals surface area (Å²) in [6, 6.07) is 14.3. The summed E-state index contributed by atoms with van der Waals surface area (Å²) in [5.41, 5.74) is 5.96. The third-order valence-corrected chi connectivity index (χ3v) is 5.96. The fourth-order valence-electron chi connectivity index (χ4n) is 4.06. The van der Waals surface area contributed by atoms with Crippen LogP contribution >= 0.6 is 0 Å². The lowest BCUT2D eigenvalue weighted by molar-refractivity contribution is 0.413. The number of fused-ring (bicyclic) bond motifs is 1. The standard InChI is InChI=1S/C26H33N7O/c1-27-21-15-22(25(34-6)16-24(21)32(4)14-13-31(2)3)30-26-28-12-11-20(29-26)19-17-33(5)23-10-8-7-9-18(19)23/h7-12,15-17,27H,13-14H2,1-6H3,(H,28,29,30). The van der Waals surface area contributed by atoms with E-state index in [2.05, 4.69) is 69.5 Å². The summed E-state index contributed by atoms with van der Waals surface area (Å²) in [5.74, 6) is 1.24. The number of benzene rings is 2. The zero-order chi connectivity index (χ0) is 24.2. The van der Waals surface area contributed by atoms with Crippen LogP contribution in [0.1, 0.15) is 0 Å². The Kier molecular flexibility index (Phi) is 6.88. The van der Waals surface area contributed by atoms with E-state index in [0.29, 0.717) is 5.95 Å². The van der Waals surface area contributed by atoms with Crippen LogP contribution in [0.3, 0.4) is 0 Å². The van der Waals surface area contributed by atoms with Crippen LogP contribution in [-0.2, 0) is 7.05 Å². The van der Waals surface area contributed by atoms with Crippen LogP contribution in [0.25, 0.3) is 22.2 Å². The first kappa shape index (κ1) is 23.4. The molecule has 2 N–H and O–H groups in total. The minimum absolute atomic E-state index is 0.513. The molecule has 0 bridgehead atoms. The van der Waals surface area contributed by atoms with E-state index in [0.717, 1.165) is 52.5 Å². The Labute approximate surface area is 201 Å². The van der Waals surface area contributed by atoms with Gasteiger partial charge in [0.15, 0.2) is 0 Å². The lowest BCUT2D eigenvalue weighted by atomic mass is 10.1. The fraction of sp³-hybridized carbons (Fsp3) is 0.308. The zero-order valence-corrected chi connectivity index (χ0v) is 20.8. The average Bonchev–Trinajstić information content (AvgIpc) is 3.19. The summed E-state index contributed by atoms with van der Waals surface area (Å²) in [5, 5.41) is 7.83. The Hall–Kier alpha value is -3.78. The summed E-state index contributed by atoms with van der Waals surface area (Å²) in [6.45, 7) is 1.85. The van der Waals surface area contributed by atoms with Gasteiger partial charge in [0.05, 0.1) is 29.9 Å². The van der Waals surface area contributed by atoms with Crippen molar-refractivity contribution in [1.29, 1.82) is 0 Å². The molecule has 4 aromatic rings. The normalized spacial score (nSPS) is 11.1. The SMILES string of the molecule is CNc1cc(Nc2nccc(-c3cn(C)c4ccccc34)n2)c(OC)cc1N(C)CCN(C)C. The molecule has 8 heteroatoms. The molecular formula is C26H33N7O. The predicted molar refractivity (Wildman–Crippen MR) is 142 cm³/mol. The number of nitrogens with one attached hydrogen (secondary N) is 2. The van der Waals surface area contributed by atoms with E-state index in [9.17, 15) is 0 Å². The first-order valence-corrected chi connectivity index (χ1v) is 11.3. The van der Waals surface area contributed by atoms with Crippen molar-refractivity contribution in [3.8, 4) is 17.0 Å². The number of aromatic nitrogens is 3. The Morgan fingerprint density at radius 1 is 1.03 bits per heavy atom. The molecule has 0 fully saturated rings. The van der Waals surface area contributed by atoms with Gasteiger partial charge in [0.2, 0.25) is 5.95 Å². The van der Waals surface area contributed by atoms with E-state index in [1.165, 1.54) is 5.52 Å². The second-order valence-electron chi connectivity index (χ2n) is 8.61. The molecule has 0 spiro atoms. The quantitative estimate of drug-likeness (QED) is 0.384. The van der Waals surface area contributed by atoms with Crippen molar-refractivity contribution < 1.29 is 4.74 Å². The van der Waals surface area contributed by atoms with E-state index in [-0.39, 0.29) is 0 Å². The van der Waals surface area contributed by atoms with Crippen LogP contribution < -0.4 is 20.3 Å². The number of likely N-dealkylation sites (N-methyl/N-ethyl adjacent to an activating group) is 2. The Morgan fingerprint density at radius 2 is 1.82 bits per heavy atom. The zero-order valence-electron chi connectivity index (χ0n) is 20.8. The van der Waals surface area contributed by atoms with Gasteiger partial charge in [-0.25, -0.2) is 9.97 Å². The van der Waals surface area contributed by atoms with Gasteiger partial charge in [-0.1, -0.05) is 18.2 Å². The molecule has 0 aliphatic carbocycles. The highest BCUT2D eigenvalue weighted by Crippen LogP contribution is 2.38. The van der Waals surface area contributed by atoms with Crippen LogP contribution in [-0.4, -0.2) is 67.8 Å². The number of aryl methyl sites for hydroxylation is 1. The van der Waals surface area contributed by atoms with Crippen LogP contribution in [0, 0.1) is 0 Å². The first-order chi connectivity index (χ1) is 16.4. The molecule has 0 radical (unpaired) electrons. The Bertz CT molecular complexity index is 1280. The Balaban J connectivity index is 1.66. The molecular weight excluding hydrogens is 426 g/mol. The van der Waals surface area contributed by atoms with Crippen molar-refractivity contribution >= 4 is 33.9 Å². The minimum atomic E-state index is 0.513. The van der Waals surface area contributed by atoms with E-state index < -0.39 is 0 Å². The topological polar surface area (TPSA) is 70.5 Å². The van der Waals surface area contributed by atoms with Crippen LogP contribution in [0.4, 0.5) is 23.0 Å². The summed E-state index contributed by atoms with van der Waals surface area (Å²) < 4.78 is 7.84. The number of anilines is 4. The van der Waals surface area contributed by atoms with E-state index in [4.69, 9.17) is 9.72 Å². The van der Waals surface area contributed by atoms with E-state index in [1.54, 1.807) is 13.3 Å². The summed E-state index contributed by atoms with van der Waals surface area (Å²) in [4.78, 5) is 13.7. The summed E-state index contributed by atoms with van der Waals surface area (Å²) in [6.07, 6.45) is 3.89. The maximum Gasteiger partial charge on any atom is 0.227 e. The van der Waals surface area contributed by atoms with Gasteiger partial charge < -0.3 is 29.7 Å². The molecule has 178 valence electrons. The highest BCUT2D eigenvalue weighted by Gasteiger charge is 2.15. The number of rotatable bonds is 9. The number of ether oxygens (including phenoxy) is 1. The molecule has 2 heterocycles. The highest BCUT2D eigenvalue weighted by atomic mass is 16.5. The molecule has 0 atom stereocenters. The van der Waals surface area contributed by atoms with E-state index in [1.807, 2.05) is 44.4 Å². The monoisotopic (exact) mass is 459 g/mol. The van der Waals surface area contributed by atoms with Crippen molar-refractivity contribution in [2.45, 2.75) is 0 Å². The van der Waals surface area contributed by atoms with Gasteiger partial charge in [0, 0.05) is 69.2 Å². The highest BCUT2D eigenvalue weighted by molar-refractivity contribution is 5.95. The van der Waals surface area contributed by atoms with Crippen molar-refractivity contribution in [3.05, 3.63) is 54.9 Å². The smallest absolute Gasteiger partial charge is 0.227 e. The largest absolute Gasteiger partial charge is 0.494 e. The number of methoxy groups -OCH3 is 1. The molecule has 0 aliphatic heterocycles. The molecule has 0 saturated carbocycles. The van der Waals surface area contributed by atoms with Gasteiger partial charge in [0.1, 0.15) is 5.75 Å². The molecule has 8 nitrogen and oxygen atoms in total. The minimum Gasteiger partial charge on any atom is -0.494 e. The van der Waals surface area contributed by atoms with Crippen molar-refractivity contribution in [1.82, 2.24) is 19.4 Å². The van der Waals surface area contributed by atoms with Crippen LogP contribution in [0.15, 0.2) is 54.9 Å². The molecule has 4 rings (SSSR count). The molecule has 2 aromatic heterocycles. The predicted octanol–water partition coefficient (Wildman–Crippen LogP) is 4.43. The lowest BCUT2D eigenvalue weighted by Crippen LogP contribution is -2.29. The molecule has 0 unspecified atom stereocenters. The summed E-state index contributed by atoms with van der Waals surface area (Å²) in [7, 11) is 11.9.